The second-order valence-corrected chi connectivity index (χ2v) is 6.38. The summed E-state index contributed by atoms with van der Waals surface area (Å²) in [6.07, 6.45) is 2.15. The van der Waals surface area contributed by atoms with Crippen molar-refractivity contribution in [2.24, 2.45) is 0 Å². The minimum atomic E-state index is -0.132. The molecule has 1 aromatic heterocycles. The van der Waals surface area contributed by atoms with Gasteiger partial charge in [-0.1, -0.05) is 23.4 Å². The van der Waals surface area contributed by atoms with Crippen molar-refractivity contribution in [1.82, 2.24) is 15.0 Å². The van der Waals surface area contributed by atoms with Gasteiger partial charge >= 0.3 is 0 Å². The van der Waals surface area contributed by atoms with Crippen LogP contribution in [-0.4, -0.2) is 48.3 Å². The van der Waals surface area contributed by atoms with Crippen molar-refractivity contribution in [3.8, 4) is 0 Å². The molecule has 2 aromatic rings. The van der Waals surface area contributed by atoms with Gasteiger partial charge in [0.05, 0.1) is 6.54 Å². The molecule has 6 nitrogen and oxygen atoms in total. The lowest BCUT2D eigenvalue weighted by Crippen LogP contribution is -2.43. The van der Waals surface area contributed by atoms with Gasteiger partial charge in [0.15, 0.2) is 5.82 Å². The standard InChI is InChI=1S/C18H26N4O2/c1-14(23-3)18-19-17(24-20-18)13-22-11-9-16(10-12-22)21(2)15-7-5-4-6-8-15/h4-8,14,16H,9-13H2,1-3H3. The maximum atomic E-state index is 5.34. The van der Waals surface area contributed by atoms with Gasteiger partial charge in [0.1, 0.15) is 6.10 Å². The van der Waals surface area contributed by atoms with Gasteiger partial charge in [0.2, 0.25) is 5.89 Å². The number of aromatic nitrogens is 2. The third-order valence-corrected chi connectivity index (χ3v) is 4.83. The van der Waals surface area contributed by atoms with E-state index in [1.54, 1.807) is 7.11 Å². The van der Waals surface area contributed by atoms with Gasteiger partial charge in [-0.2, -0.15) is 4.98 Å². The zero-order chi connectivity index (χ0) is 16.9. The van der Waals surface area contributed by atoms with Crippen LogP contribution in [0.1, 0.15) is 37.6 Å². The molecule has 1 fully saturated rings. The van der Waals surface area contributed by atoms with E-state index in [1.807, 2.05) is 6.92 Å². The van der Waals surface area contributed by atoms with Gasteiger partial charge in [-0.05, 0) is 31.9 Å². The van der Waals surface area contributed by atoms with E-state index in [2.05, 4.69) is 57.3 Å². The van der Waals surface area contributed by atoms with Crippen LogP contribution < -0.4 is 4.90 Å². The van der Waals surface area contributed by atoms with Gasteiger partial charge in [0, 0.05) is 39.0 Å². The quantitative estimate of drug-likeness (QED) is 0.812. The van der Waals surface area contributed by atoms with Crippen molar-refractivity contribution < 1.29 is 9.26 Å². The Morgan fingerprint density at radius 3 is 2.67 bits per heavy atom. The Hall–Kier alpha value is -1.92. The Kier molecular flexibility index (Phi) is 5.48. The molecule has 1 atom stereocenters. The van der Waals surface area contributed by atoms with Gasteiger partial charge in [-0.3, -0.25) is 4.90 Å². The average Bonchev–Trinajstić information content (AvgIpc) is 3.10. The zero-order valence-corrected chi connectivity index (χ0v) is 14.7. The van der Waals surface area contributed by atoms with E-state index >= 15 is 0 Å². The Labute approximate surface area is 143 Å². The number of piperidine rings is 1. The highest BCUT2D eigenvalue weighted by molar-refractivity contribution is 5.46. The van der Waals surface area contributed by atoms with Crippen molar-refractivity contribution in [1.29, 1.82) is 0 Å². The third-order valence-electron chi connectivity index (χ3n) is 4.83. The van der Waals surface area contributed by atoms with Gasteiger partial charge in [-0.25, -0.2) is 0 Å². The molecule has 1 aromatic carbocycles. The van der Waals surface area contributed by atoms with E-state index in [9.17, 15) is 0 Å². The summed E-state index contributed by atoms with van der Waals surface area (Å²) >= 11 is 0. The fourth-order valence-electron chi connectivity index (χ4n) is 3.13. The lowest BCUT2D eigenvalue weighted by molar-refractivity contribution is 0.109. The molecule has 6 heteroatoms. The predicted octanol–water partition coefficient (Wildman–Crippen LogP) is 2.88. The maximum absolute atomic E-state index is 5.34. The summed E-state index contributed by atoms with van der Waals surface area (Å²) in [6.45, 7) is 4.71. The summed E-state index contributed by atoms with van der Waals surface area (Å²) in [7, 11) is 3.83. The molecule has 1 aliphatic heterocycles. The van der Waals surface area contributed by atoms with E-state index < -0.39 is 0 Å². The van der Waals surface area contributed by atoms with Crippen LogP contribution in [0.25, 0.3) is 0 Å². The van der Waals surface area contributed by atoms with Gasteiger partial charge < -0.3 is 14.2 Å². The second kappa shape index (κ2) is 7.77. The minimum absolute atomic E-state index is 0.132. The minimum Gasteiger partial charge on any atom is -0.374 e. The van der Waals surface area contributed by atoms with Crippen LogP contribution in [0.2, 0.25) is 0 Å². The fraction of sp³-hybridized carbons (Fsp3) is 0.556. The van der Waals surface area contributed by atoms with Gasteiger partial charge in [-0.15, -0.1) is 0 Å². The Balaban J connectivity index is 1.51. The highest BCUT2D eigenvalue weighted by atomic mass is 16.5. The molecular formula is C18H26N4O2. The smallest absolute Gasteiger partial charge is 0.240 e. The first-order valence-corrected chi connectivity index (χ1v) is 8.53. The van der Waals surface area contributed by atoms with E-state index in [-0.39, 0.29) is 6.10 Å². The Morgan fingerprint density at radius 1 is 1.29 bits per heavy atom. The van der Waals surface area contributed by atoms with Crippen molar-refractivity contribution in [2.45, 2.75) is 38.5 Å². The monoisotopic (exact) mass is 330 g/mol. The number of benzene rings is 1. The number of nitrogens with zero attached hydrogens (tertiary/aromatic N) is 4. The molecule has 0 amide bonds. The van der Waals surface area contributed by atoms with Crippen molar-refractivity contribution in [3.63, 3.8) is 0 Å². The molecule has 3 rings (SSSR count). The number of likely N-dealkylation sites (tertiary alicyclic amines) is 1. The summed E-state index contributed by atoms with van der Waals surface area (Å²) in [5.41, 5.74) is 1.28. The molecule has 0 radical (unpaired) electrons. The number of rotatable bonds is 6. The largest absolute Gasteiger partial charge is 0.374 e. The lowest BCUT2D eigenvalue weighted by Gasteiger charge is -2.37. The van der Waals surface area contributed by atoms with E-state index in [0.29, 0.717) is 24.3 Å². The summed E-state index contributed by atoms with van der Waals surface area (Å²) in [4.78, 5) is 9.19. The number of anilines is 1. The molecule has 130 valence electrons. The maximum Gasteiger partial charge on any atom is 0.240 e. The van der Waals surface area contributed by atoms with Crippen LogP contribution in [0.15, 0.2) is 34.9 Å². The molecule has 1 aliphatic rings. The number of ether oxygens (including phenoxy) is 1. The normalized spacial score (nSPS) is 17.8. The Morgan fingerprint density at radius 2 is 2.00 bits per heavy atom. The van der Waals surface area contributed by atoms with Crippen molar-refractivity contribution in [3.05, 3.63) is 42.0 Å². The van der Waals surface area contributed by atoms with E-state index in [0.717, 1.165) is 25.9 Å². The lowest BCUT2D eigenvalue weighted by atomic mass is 10.0. The summed E-state index contributed by atoms with van der Waals surface area (Å²) in [5.74, 6) is 1.29. The Bertz CT molecular complexity index is 623. The number of hydrogen-bond acceptors (Lipinski definition) is 6. The number of hydrogen-bond donors (Lipinski definition) is 0. The SMILES string of the molecule is COC(C)c1noc(CN2CCC(N(C)c3ccccc3)CC2)n1. The summed E-state index contributed by atoms with van der Waals surface area (Å²) in [5, 5.41) is 3.99. The average molecular weight is 330 g/mol. The van der Waals surface area contributed by atoms with E-state index in [4.69, 9.17) is 9.26 Å². The molecule has 24 heavy (non-hydrogen) atoms. The van der Waals surface area contributed by atoms with E-state index in [1.165, 1.54) is 5.69 Å². The highest BCUT2D eigenvalue weighted by Crippen LogP contribution is 2.22. The molecule has 0 saturated carbocycles. The molecule has 0 spiro atoms. The first-order chi connectivity index (χ1) is 11.7. The summed E-state index contributed by atoms with van der Waals surface area (Å²) < 4.78 is 10.6. The molecular weight excluding hydrogens is 304 g/mol. The molecule has 2 heterocycles. The molecule has 0 N–H and O–H groups in total. The number of methoxy groups -OCH3 is 1. The third kappa shape index (κ3) is 3.94. The first kappa shape index (κ1) is 16.9. The van der Waals surface area contributed by atoms with Gasteiger partial charge in [0.25, 0.3) is 0 Å². The van der Waals surface area contributed by atoms with Crippen LogP contribution in [0, 0.1) is 0 Å². The van der Waals surface area contributed by atoms with Crippen LogP contribution in [-0.2, 0) is 11.3 Å². The molecule has 1 saturated heterocycles. The fourth-order valence-corrected chi connectivity index (χ4v) is 3.13. The predicted molar refractivity (Wildman–Crippen MR) is 92.9 cm³/mol. The summed E-state index contributed by atoms with van der Waals surface area (Å²) in [6, 6.07) is 11.2. The first-order valence-electron chi connectivity index (χ1n) is 8.53. The molecule has 1 unspecified atom stereocenters. The topological polar surface area (TPSA) is 54.6 Å². The second-order valence-electron chi connectivity index (χ2n) is 6.38. The number of para-hydroxylation sites is 1. The van der Waals surface area contributed by atoms with Crippen molar-refractivity contribution >= 4 is 5.69 Å². The van der Waals surface area contributed by atoms with Crippen LogP contribution >= 0.6 is 0 Å². The highest BCUT2D eigenvalue weighted by Gasteiger charge is 2.24. The van der Waals surface area contributed by atoms with Crippen LogP contribution in [0.3, 0.4) is 0 Å². The van der Waals surface area contributed by atoms with Crippen molar-refractivity contribution in [2.75, 3.05) is 32.1 Å². The zero-order valence-electron chi connectivity index (χ0n) is 14.7. The molecule has 0 aliphatic carbocycles. The van der Waals surface area contributed by atoms with Crippen LogP contribution in [0.5, 0.6) is 0 Å². The molecule has 0 bridgehead atoms. The van der Waals surface area contributed by atoms with Crippen LogP contribution in [0.4, 0.5) is 5.69 Å².